The molecule has 6 nitrogen and oxygen atoms in total. The summed E-state index contributed by atoms with van der Waals surface area (Å²) in [6, 6.07) is 6.67. The van der Waals surface area contributed by atoms with Gasteiger partial charge in [0.15, 0.2) is 6.10 Å². The Morgan fingerprint density at radius 2 is 2.00 bits per heavy atom. The molecule has 0 spiro atoms. The number of nitrogens with zero attached hydrogens (tertiary/aromatic N) is 1. The molecule has 20 heavy (non-hydrogen) atoms. The summed E-state index contributed by atoms with van der Waals surface area (Å²) in [5, 5.41) is 5.04. The monoisotopic (exact) mass is 275 g/mol. The summed E-state index contributed by atoms with van der Waals surface area (Å²) in [5.74, 6) is -0.259. The number of carbonyl (C=O) groups excluding carboxylic acids is 2. The number of aryl methyl sites for hydroxylation is 1. The summed E-state index contributed by atoms with van der Waals surface area (Å²) in [7, 11) is 0. The number of nitrogens with one attached hydrogen (secondary N) is 2. The first-order chi connectivity index (χ1) is 9.45. The first kappa shape index (κ1) is 14.0. The lowest BCUT2D eigenvalue weighted by atomic mass is 10.1. The number of benzene rings is 1. The zero-order chi connectivity index (χ0) is 14.7. The summed E-state index contributed by atoms with van der Waals surface area (Å²) in [6.07, 6.45) is -0.596. The molecule has 1 aromatic carbocycles. The second-order valence-electron chi connectivity index (χ2n) is 4.98. The van der Waals surface area contributed by atoms with Gasteiger partial charge in [0.1, 0.15) is 0 Å². The molecule has 0 aromatic heterocycles. The van der Waals surface area contributed by atoms with E-state index in [1.54, 1.807) is 12.1 Å². The van der Waals surface area contributed by atoms with Crippen molar-refractivity contribution >= 4 is 23.6 Å². The first-order valence-corrected chi connectivity index (χ1v) is 6.39. The van der Waals surface area contributed by atoms with E-state index < -0.39 is 12.1 Å². The Labute approximate surface area is 117 Å². The number of anilines is 1. The summed E-state index contributed by atoms with van der Waals surface area (Å²) in [5.41, 5.74) is 1.73. The van der Waals surface area contributed by atoms with Crippen LogP contribution in [0.1, 0.15) is 19.4 Å². The van der Waals surface area contributed by atoms with Crippen molar-refractivity contribution < 1.29 is 14.3 Å². The van der Waals surface area contributed by atoms with Crippen molar-refractivity contribution in [2.24, 2.45) is 10.9 Å². The summed E-state index contributed by atoms with van der Waals surface area (Å²) >= 11 is 0. The van der Waals surface area contributed by atoms with Gasteiger partial charge in [0, 0.05) is 5.69 Å². The minimum atomic E-state index is -0.596. The lowest BCUT2D eigenvalue weighted by molar-refractivity contribution is -0.124. The van der Waals surface area contributed by atoms with E-state index in [1.165, 1.54) is 0 Å². The van der Waals surface area contributed by atoms with E-state index >= 15 is 0 Å². The highest BCUT2D eigenvalue weighted by Crippen LogP contribution is 2.13. The average molecular weight is 275 g/mol. The van der Waals surface area contributed by atoms with Gasteiger partial charge in [0.05, 0.1) is 0 Å². The number of amidine groups is 1. The predicted octanol–water partition coefficient (Wildman–Crippen LogP) is 2.05. The molecule has 0 bridgehead atoms. The van der Waals surface area contributed by atoms with Crippen molar-refractivity contribution in [1.82, 2.24) is 5.32 Å². The topological polar surface area (TPSA) is 79.8 Å². The second kappa shape index (κ2) is 5.73. The van der Waals surface area contributed by atoms with Crippen LogP contribution in [-0.2, 0) is 9.53 Å². The van der Waals surface area contributed by atoms with Crippen LogP contribution in [0.5, 0.6) is 0 Å². The minimum absolute atomic E-state index is 0.0165. The first-order valence-electron chi connectivity index (χ1n) is 6.39. The standard InChI is InChI=1S/C14H17N3O3/c1-8(2)11-12(18)16-14(20-11)17-13(19)15-10-6-4-9(3)5-7-10/h4-8,11H,1-3H3,(H2,15,16,17,18,19). The lowest BCUT2D eigenvalue weighted by Gasteiger charge is -2.09. The van der Waals surface area contributed by atoms with Gasteiger partial charge in [-0.2, -0.15) is 0 Å². The quantitative estimate of drug-likeness (QED) is 0.867. The molecule has 0 aliphatic carbocycles. The minimum Gasteiger partial charge on any atom is -0.451 e. The molecule has 1 aromatic rings. The molecule has 1 atom stereocenters. The Kier molecular flexibility index (Phi) is 4.02. The van der Waals surface area contributed by atoms with Gasteiger partial charge in [0.2, 0.25) is 0 Å². The van der Waals surface area contributed by atoms with E-state index in [1.807, 2.05) is 32.9 Å². The zero-order valence-corrected chi connectivity index (χ0v) is 11.6. The smallest absolute Gasteiger partial charge is 0.349 e. The number of amides is 3. The SMILES string of the molecule is Cc1ccc(NC(=O)N=C2NC(=O)C(C(C)C)O2)cc1. The molecule has 2 rings (SSSR count). The molecule has 106 valence electrons. The molecule has 3 amide bonds. The van der Waals surface area contributed by atoms with Crippen LogP contribution in [0.15, 0.2) is 29.3 Å². The van der Waals surface area contributed by atoms with Gasteiger partial charge in [-0.25, -0.2) is 4.79 Å². The number of ether oxygens (including phenoxy) is 1. The van der Waals surface area contributed by atoms with Crippen LogP contribution in [0.4, 0.5) is 10.5 Å². The molecule has 6 heteroatoms. The lowest BCUT2D eigenvalue weighted by Crippen LogP contribution is -2.28. The van der Waals surface area contributed by atoms with Gasteiger partial charge in [-0.3, -0.25) is 10.1 Å². The number of hydrogen-bond donors (Lipinski definition) is 2. The van der Waals surface area contributed by atoms with Gasteiger partial charge in [0.25, 0.3) is 5.91 Å². The van der Waals surface area contributed by atoms with Crippen LogP contribution in [-0.4, -0.2) is 24.1 Å². The molecule has 1 aliphatic heterocycles. The molecule has 1 unspecified atom stereocenters. The van der Waals surface area contributed by atoms with Gasteiger partial charge >= 0.3 is 12.1 Å². The van der Waals surface area contributed by atoms with E-state index in [4.69, 9.17) is 4.74 Å². The van der Waals surface area contributed by atoms with Crippen LogP contribution >= 0.6 is 0 Å². The van der Waals surface area contributed by atoms with E-state index in [2.05, 4.69) is 15.6 Å². The van der Waals surface area contributed by atoms with Gasteiger partial charge in [-0.05, 0) is 25.0 Å². The Morgan fingerprint density at radius 3 is 2.55 bits per heavy atom. The molecular formula is C14H17N3O3. The highest BCUT2D eigenvalue weighted by Gasteiger charge is 2.33. The molecular weight excluding hydrogens is 258 g/mol. The van der Waals surface area contributed by atoms with Crippen LogP contribution < -0.4 is 10.6 Å². The van der Waals surface area contributed by atoms with Crippen molar-refractivity contribution in [3.8, 4) is 0 Å². The second-order valence-corrected chi connectivity index (χ2v) is 4.98. The van der Waals surface area contributed by atoms with Crippen molar-refractivity contribution in [1.29, 1.82) is 0 Å². The molecule has 1 aliphatic rings. The van der Waals surface area contributed by atoms with Crippen LogP contribution in [0.25, 0.3) is 0 Å². The Morgan fingerprint density at radius 1 is 1.35 bits per heavy atom. The number of hydrogen-bond acceptors (Lipinski definition) is 3. The van der Waals surface area contributed by atoms with Gasteiger partial charge in [-0.1, -0.05) is 31.5 Å². The number of urea groups is 1. The third-order valence-corrected chi connectivity index (χ3v) is 2.84. The van der Waals surface area contributed by atoms with Gasteiger partial charge < -0.3 is 10.1 Å². The normalized spacial score (nSPS) is 19.9. The number of rotatable bonds is 2. The van der Waals surface area contributed by atoms with Crippen molar-refractivity contribution in [3.63, 3.8) is 0 Å². The predicted molar refractivity (Wildman–Crippen MR) is 75.5 cm³/mol. The molecule has 1 heterocycles. The van der Waals surface area contributed by atoms with Crippen molar-refractivity contribution in [2.45, 2.75) is 26.9 Å². The third-order valence-electron chi connectivity index (χ3n) is 2.84. The Bertz CT molecular complexity index is 549. The van der Waals surface area contributed by atoms with E-state index in [0.29, 0.717) is 5.69 Å². The van der Waals surface area contributed by atoms with Crippen LogP contribution in [0.3, 0.4) is 0 Å². The maximum Gasteiger partial charge on any atom is 0.349 e. The summed E-state index contributed by atoms with van der Waals surface area (Å²) in [4.78, 5) is 27.0. The fraction of sp³-hybridized carbons (Fsp3) is 0.357. The van der Waals surface area contributed by atoms with E-state index in [9.17, 15) is 9.59 Å². The molecule has 0 saturated carbocycles. The Balaban J connectivity index is 1.99. The largest absolute Gasteiger partial charge is 0.451 e. The van der Waals surface area contributed by atoms with E-state index in [0.717, 1.165) is 5.56 Å². The molecule has 1 saturated heterocycles. The molecule has 2 N–H and O–H groups in total. The summed E-state index contributed by atoms with van der Waals surface area (Å²) < 4.78 is 5.29. The Hall–Kier alpha value is -2.37. The maximum absolute atomic E-state index is 11.7. The number of aliphatic imine (C=N–C) groups is 1. The third kappa shape index (κ3) is 3.34. The molecule has 1 fully saturated rings. The van der Waals surface area contributed by atoms with Crippen molar-refractivity contribution in [2.75, 3.05) is 5.32 Å². The highest BCUT2D eigenvalue weighted by molar-refractivity contribution is 6.07. The molecule has 0 radical (unpaired) electrons. The average Bonchev–Trinajstić information content (AvgIpc) is 2.73. The zero-order valence-electron chi connectivity index (χ0n) is 11.6. The maximum atomic E-state index is 11.7. The van der Waals surface area contributed by atoms with Crippen LogP contribution in [0, 0.1) is 12.8 Å². The van der Waals surface area contributed by atoms with E-state index in [-0.39, 0.29) is 17.8 Å². The van der Waals surface area contributed by atoms with Crippen molar-refractivity contribution in [3.05, 3.63) is 29.8 Å². The highest BCUT2D eigenvalue weighted by atomic mass is 16.5. The fourth-order valence-corrected chi connectivity index (χ4v) is 1.75. The fourth-order valence-electron chi connectivity index (χ4n) is 1.75. The van der Waals surface area contributed by atoms with Gasteiger partial charge in [-0.15, -0.1) is 4.99 Å². The van der Waals surface area contributed by atoms with Crippen LogP contribution in [0.2, 0.25) is 0 Å². The summed E-state index contributed by atoms with van der Waals surface area (Å²) in [6.45, 7) is 5.68. The number of carbonyl (C=O) groups is 2.